The van der Waals surface area contributed by atoms with Gasteiger partial charge in [0.15, 0.2) is 0 Å². The Bertz CT molecular complexity index is 447. The van der Waals surface area contributed by atoms with Crippen molar-refractivity contribution in [1.29, 1.82) is 0 Å². The third-order valence-electron chi connectivity index (χ3n) is 3.71. The van der Waals surface area contributed by atoms with Crippen LogP contribution in [0.1, 0.15) is 44.3 Å². The minimum atomic E-state index is -0.528. The zero-order chi connectivity index (χ0) is 16.0. The summed E-state index contributed by atoms with van der Waals surface area (Å²) >= 11 is 1.37. The van der Waals surface area contributed by atoms with Crippen LogP contribution in [0.5, 0.6) is 0 Å². The molecule has 21 heavy (non-hydrogen) atoms. The summed E-state index contributed by atoms with van der Waals surface area (Å²) in [4.78, 5) is 24.6. The van der Waals surface area contributed by atoms with Crippen LogP contribution >= 0.6 is 11.3 Å². The van der Waals surface area contributed by atoms with Gasteiger partial charge in [-0.2, -0.15) is 0 Å². The molecule has 0 aliphatic rings. The third kappa shape index (κ3) is 5.50. The molecule has 2 N–H and O–H groups in total. The van der Waals surface area contributed by atoms with Crippen LogP contribution in [-0.2, 0) is 4.79 Å². The highest BCUT2D eigenvalue weighted by molar-refractivity contribution is 7.12. The normalized spacial score (nSPS) is 12.8. The van der Waals surface area contributed by atoms with Gasteiger partial charge in [0.1, 0.15) is 6.04 Å². The minimum absolute atomic E-state index is 0.133. The molecule has 0 aliphatic heterocycles. The molecule has 0 aliphatic carbocycles. The average molecular weight is 310 g/mol. The highest BCUT2D eigenvalue weighted by atomic mass is 32.1. The lowest BCUT2D eigenvalue weighted by atomic mass is 9.85. The highest BCUT2D eigenvalue weighted by Crippen LogP contribution is 2.19. The van der Waals surface area contributed by atoms with Gasteiger partial charge in [0, 0.05) is 6.54 Å². The lowest BCUT2D eigenvalue weighted by molar-refractivity contribution is -0.122. The van der Waals surface area contributed by atoms with Gasteiger partial charge in [-0.05, 0) is 36.1 Å². The lowest BCUT2D eigenvalue weighted by Gasteiger charge is -2.25. The minimum Gasteiger partial charge on any atom is -0.354 e. The Morgan fingerprint density at radius 1 is 1.14 bits per heavy atom. The molecular weight excluding hydrogens is 284 g/mol. The zero-order valence-electron chi connectivity index (χ0n) is 13.5. The van der Waals surface area contributed by atoms with Crippen LogP contribution in [0.15, 0.2) is 17.5 Å². The second-order valence-corrected chi connectivity index (χ2v) is 7.02. The summed E-state index contributed by atoms with van der Waals surface area (Å²) in [5, 5.41) is 7.51. The molecule has 0 saturated heterocycles. The molecule has 0 aromatic carbocycles. The van der Waals surface area contributed by atoms with E-state index in [1.165, 1.54) is 11.3 Å². The van der Waals surface area contributed by atoms with E-state index in [4.69, 9.17) is 0 Å². The maximum Gasteiger partial charge on any atom is 0.261 e. The van der Waals surface area contributed by atoms with Crippen LogP contribution < -0.4 is 10.6 Å². The largest absolute Gasteiger partial charge is 0.354 e. The molecule has 1 heterocycles. The second-order valence-electron chi connectivity index (χ2n) is 6.07. The Balaban J connectivity index is 2.46. The molecule has 1 atom stereocenters. The number of amides is 2. The van der Waals surface area contributed by atoms with Crippen molar-refractivity contribution in [3.8, 4) is 0 Å². The Kier molecular flexibility index (Phi) is 6.89. The van der Waals surface area contributed by atoms with E-state index >= 15 is 0 Å². The molecular formula is C16H26N2O2S. The van der Waals surface area contributed by atoms with Crippen LogP contribution in [0.4, 0.5) is 0 Å². The zero-order valence-corrected chi connectivity index (χ0v) is 14.3. The molecule has 0 radical (unpaired) electrons. The predicted octanol–water partition coefficient (Wildman–Crippen LogP) is 2.91. The Hall–Kier alpha value is -1.36. The summed E-state index contributed by atoms with van der Waals surface area (Å²) in [6.45, 7) is 11.0. The Morgan fingerprint density at radius 3 is 2.24 bits per heavy atom. The van der Waals surface area contributed by atoms with Gasteiger partial charge in [0.25, 0.3) is 5.91 Å². The first-order valence-corrected chi connectivity index (χ1v) is 8.33. The van der Waals surface area contributed by atoms with Crippen molar-refractivity contribution in [2.24, 2.45) is 17.8 Å². The van der Waals surface area contributed by atoms with Gasteiger partial charge in [-0.15, -0.1) is 11.3 Å². The fraction of sp³-hybridized carbons (Fsp3) is 0.625. The molecule has 5 heteroatoms. The predicted molar refractivity (Wildman–Crippen MR) is 87.4 cm³/mol. The number of carbonyl (C=O) groups is 2. The third-order valence-corrected chi connectivity index (χ3v) is 4.58. The second kappa shape index (κ2) is 8.17. The van der Waals surface area contributed by atoms with Crippen LogP contribution in [0.3, 0.4) is 0 Å². The summed E-state index contributed by atoms with van der Waals surface area (Å²) in [6.07, 6.45) is 0. The quantitative estimate of drug-likeness (QED) is 0.813. The van der Waals surface area contributed by atoms with E-state index in [1.54, 1.807) is 13.0 Å². The van der Waals surface area contributed by atoms with E-state index in [1.807, 2.05) is 11.4 Å². The van der Waals surface area contributed by atoms with Crippen LogP contribution in [0.2, 0.25) is 0 Å². The van der Waals surface area contributed by atoms with Gasteiger partial charge >= 0.3 is 0 Å². The molecule has 118 valence electrons. The number of hydrogen-bond acceptors (Lipinski definition) is 3. The van der Waals surface area contributed by atoms with Crippen molar-refractivity contribution in [1.82, 2.24) is 10.6 Å². The number of hydrogen-bond donors (Lipinski definition) is 2. The van der Waals surface area contributed by atoms with E-state index in [2.05, 4.69) is 38.3 Å². The smallest absolute Gasteiger partial charge is 0.261 e. The molecule has 1 rings (SSSR count). The van der Waals surface area contributed by atoms with E-state index in [9.17, 15) is 9.59 Å². The molecule has 1 aromatic heterocycles. The summed E-state index contributed by atoms with van der Waals surface area (Å²) in [6, 6.07) is 3.04. The highest BCUT2D eigenvalue weighted by Gasteiger charge is 2.21. The molecule has 1 unspecified atom stereocenters. The fourth-order valence-electron chi connectivity index (χ4n) is 2.35. The molecule has 4 nitrogen and oxygen atoms in total. The van der Waals surface area contributed by atoms with Crippen LogP contribution in [0, 0.1) is 17.8 Å². The van der Waals surface area contributed by atoms with Crippen LogP contribution in [0.25, 0.3) is 0 Å². The Morgan fingerprint density at radius 2 is 1.76 bits per heavy atom. The lowest BCUT2D eigenvalue weighted by Crippen LogP contribution is -2.46. The van der Waals surface area contributed by atoms with E-state index < -0.39 is 6.04 Å². The SMILES string of the molecule is CC(NC(=O)c1cccs1)C(=O)NCC(C(C)C)C(C)C. The van der Waals surface area contributed by atoms with Gasteiger partial charge in [0.05, 0.1) is 4.88 Å². The van der Waals surface area contributed by atoms with E-state index in [0.717, 1.165) is 0 Å². The molecule has 0 saturated carbocycles. The monoisotopic (exact) mass is 310 g/mol. The number of carbonyl (C=O) groups excluding carboxylic acids is 2. The van der Waals surface area contributed by atoms with E-state index in [-0.39, 0.29) is 11.8 Å². The summed E-state index contributed by atoms with van der Waals surface area (Å²) in [5.41, 5.74) is 0. The molecule has 1 aromatic rings. The standard InChI is InChI=1S/C16H26N2O2S/c1-10(2)13(11(3)4)9-17-15(19)12(5)18-16(20)14-7-6-8-21-14/h6-8,10-13H,9H2,1-5H3,(H,17,19)(H,18,20). The maximum atomic E-state index is 12.1. The Labute approximate surface area is 131 Å². The van der Waals surface area contributed by atoms with Gasteiger partial charge in [-0.1, -0.05) is 33.8 Å². The van der Waals surface area contributed by atoms with E-state index in [0.29, 0.717) is 29.2 Å². The van der Waals surface area contributed by atoms with Gasteiger partial charge < -0.3 is 10.6 Å². The number of rotatable bonds is 7. The summed E-state index contributed by atoms with van der Waals surface area (Å²) in [5.74, 6) is 1.14. The van der Waals surface area contributed by atoms with Gasteiger partial charge in [-0.3, -0.25) is 9.59 Å². The maximum absolute atomic E-state index is 12.1. The van der Waals surface area contributed by atoms with Crippen LogP contribution in [-0.4, -0.2) is 24.4 Å². The number of thiophene rings is 1. The van der Waals surface area contributed by atoms with Crippen molar-refractivity contribution in [3.63, 3.8) is 0 Å². The van der Waals surface area contributed by atoms with Gasteiger partial charge in [0.2, 0.25) is 5.91 Å². The molecule has 2 amide bonds. The van der Waals surface area contributed by atoms with Crippen molar-refractivity contribution in [2.45, 2.75) is 40.7 Å². The van der Waals surface area contributed by atoms with Crippen molar-refractivity contribution < 1.29 is 9.59 Å². The molecule has 0 bridgehead atoms. The van der Waals surface area contributed by atoms with Crippen molar-refractivity contribution >= 4 is 23.2 Å². The summed E-state index contributed by atoms with van der Waals surface area (Å²) in [7, 11) is 0. The summed E-state index contributed by atoms with van der Waals surface area (Å²) < 4.78 is 0. The topological polar surface area (TPSA) is 58.2 Å². The average Bonchev–Trinajstić information content (AvgIpc) is 2.91. The van der Waals surface area contributed by atoms with Gasteiger partial charge in [-0.25, -0.2) is 0 Å². The molecule has 0 spiro atoms. The molecule has 0 fully saturated rings. The number of nitrogens with one attached hydrogen (secondary N) is 2. The first kappa shape index (κ1) is 17.7. The first-order chi connectivity index (χ1) is 9.82. The van der Waals surface area contributed by atoms with Crippen molar-refractivity contribution in [3.05, 3.63) is 22.4 Å². The fourth-order valence-corrected chi connectivity index (χ4v) is 2.98. The van der Waals surface area contributed by atoms with Crippen molar-refractivity contribution in [2.75, 3.05) is 6.54 Å². The first-order valence-electron chi connectivity index (χ1n) is 7.45.